The van der Waals surface area contributed by atoms with E-state index >= 15 is 0 Å². The van der Waals surface area contributed by atoms with E-state index < -0.39 is 11.7 Å². The second-order valence-corrected chi connectivity index (χ2v) is 10.1. The van der Waals surface area contributed by atoms with Crippen molar-refractivity contribution in [1.82, 2.24) is 14.5 Å². The van der Waals surface area contributed by atoms with Gasteiger partial charge in [-0.15, -0.1) is 0 Å². The van der Waals surface area contributed by atoms with Crippen molar-refractivity contribution in [1.29, 1.82) is 0 Å². The molecule has 0 N–H and O–H groups in total. The SMILES string of the molecule is Cc1cccc(N2CCN(c3ncnc4c3c(-c3ccccc3)cn4-c3cccc(C(F)(F)F)c3)C[C@@H]2C)c1. The summed E-state index contributed by atoms with van der Waals surface area (Å²) in [6.07, 6.45) is -1.05. The van der Waals surface area contributed by atoms with Crippen LogP contribution in [0.3, 0.4) is 0 Å². The molecule has 1 aliphatic heterocycles. The van der Waals surface area contributed by atoms with Crippen LogP contribution in [-0.4, -0.2) is 40.2 Å². The largest absolute Gasteiger partial charge is 0.416 e. The van der Waals surface area contributed by atoms with Crippen molar-refractivity contribution in [3.05, 3.63) is 103 Å². The lowest BCUT2D eigenvalue weighted by Gasteiger charge is -2.42. The highest BCUT2D eigenvalue weighted by molar-refractivity contribution is 6.02. The van der Waals surface area contributed by atoms with Crippen molar-refractivity contribution in [3.63, 3.8) is 0 Å². The van der Waals surface area contributed by atoms with Crippen LogP contribution in [0, 0.1) is 6.92 Å². The molecule has 3 aromatic carbocycles. The van der Waals surface area contributed by atoms with Crippen molar-refractivity contribution in [2.75, 3.05) is 29.4 Å². The van der Waals surface area contributed by atoms with Crippen LogP contribution in [0.1, 0.15) is 18.1 Å². The Morgan fingerprint density at radius 1 is 0.846 bits per heavy atom. The van der Waals surface area contributed by atoms with E-state index in [0.29, 0.717) is 11.3 Å². The quantitative estimate of drug-likeness (QED) is 0.249. The molecule has 0 spiro atoms. The van der Waals surface area contributed by atoms with Crippen molar-refractivity contribution in [2.24, 2.45) is 0 Å². The number of rotatable bonds is 4. The molecular formula is C31H28F3N5. The third-order valence-corrected chi connectivity index (χ3v) is 7.36. The Labute approximate surface area is 225 Å². The summed E-state index contributed by atoms with van der Waals surface area (Å²) in [5.41, 5.74) is 4.55. The zero-order chi connectivity index (χ0) is 27.1. The fraction of sp³-hybridized carbons (Fsp3) is 0.226. The summed E-state index contributed by atoms with van der Waals surface area (Å²) in [6.45, 7) is 6.64. The van der Waals surface area contributed by atoms with Crippen LogP contribution in [0.25, 0.3) is 27.8 Å². The smallest absolute Gasteiger partial charge is 0.365 e. The van der Waals surface area contributed by atoms with Crippen LogP contribution in [0.5, 0.6) is 0 Å². The molecule has 6 rings (SSSR count). The summed E-state index contributed by atoms with van der Waals surface area (Å²) in [5, 5.41) is 0.831. The molecule has 1 saturated heterocycles. The van der Waals surface area contributed by atoms with Gasteiger partial charge in [-0.2, -0.15) is 13.2 Å². The van der Waals surface area contributed by atoms with Crippen LogP contribution >= 0.6 is 0 Å². The highest BCUT2D eigenvalue weighted by atomic mass is 19.4. The summed E-state index contributed by atoms with van der Waals surface area (Å²) in [7, 11) is 0. The molecule has 5 nitrogen and oxygen atoms in total. The maximum Gasteiger partial charge on any atom is 0.416 e. The van der Waals surface area contributed by atoms with E-state index in [-0.39, 0.29) is 6.04 Å². The Bertz CT molecular complexity index is 1630. The summed E-state index contributed by atoms with van der Waals surface area (Å²) in [6, 6.07) is 24.0. The molecule has 2 aromatic heterocycles. The molecule has 39 heavy (non-hydrogen) atoms. The molecule has 3 heterocycles. The number of piperazine rings is 1. The molecule has 0 bridgehead atoms. The van der Waals surface area contributed by atoms with Crippen molar-refractivity contribution in [3.8, 4) is 16.8 Å². The first-order valence-corrected chi connectivity index (χ1v) is 13.0. The first-order chi connectivity index (χ1) is 18.8. The Balaban J connectivity index is 1.45. The second-order valence-electron chi connectivity index (χ2n) is 10.1. The van der Waals surface area contributed by atoms with Gasteiger partial charge in [-0.1, -0.05) is 48.5 Å². The molecule has 0 unspecified atom stereocenters. The number of hydrogen-bond acceptors (Lipinski definition) is 4. The lowest BCUT2D eigenvalue weighted by atomic mass is 10.1. The maximum atomic E-state index is 13.5. The average molecular weight is 528 g/mol. The van der Waals surface area contributed by atoms with Crippen LogP contribution in [0.2, 0.25) is 0 Å². The number of alkyl halides is 3. The molecule has 198 valence electrons. The third kappa shape index (κ3) is 4.71. The summed E-state index contributed by atoms with van der Waals surface area (Å²) in [4.78, 5) is 14.0. The average Bonchev–Trinajstić information content (AvgIpc) is 3.33. The van der Waals surface area contributed by atoms with Crippen molar-refractivity contribution >= 4 is 22.5 Å². The Kier molecular flexibility index (Phi) is 6.25. The van der Waals surface area contributed by atoms with E-state index in [1.165, 1.54) is 29.7 Å². The minimum absolute atomic E-state index is 0.233. The Morgan fingerprint density at radius 2 is 1.62 bits per heavy atom. The summed E-state index contributed by atoms with van der Waals surface area (Å²) in [5.74, 6) is 0.792. The zero-order valence-electron chi connectivity index (χ0n) is 21.7. The predicted octanol–water partition coefficient (Wildman–Crippen LogP) is 7.13. The number of fused-ring (bicyclic) bond motifs is 1. The molecule has 1 aliphatic rings. The van der Waals surface area contributed by atoms with Gasteiger partial charge in [-0.3, -0.25) is 0 Å². The van der Waals surface area contributed by atoms with Gasteiger partial charge in [0.15, 0.2) is 5.65 Å². The normalized spacial score (nSPS) is 16.2. The van der Waals surface area contributed by atoms with Gasteiger partial charge in [0.1, 0.15) is 12.1 Å². The van der Waals surface area contributed by atoms with Gasteiger partial charge in [-0.05, 0) is 55.3 Å². The molecule has 5 aromatic rings. The molecule has 0 saturated carbocycles. The molecule has 8 heteroatoms. The van der Waals surface area contributed by atoms with Gasteiger partial charge in [0.2, 0.25) is 0 Å². The molecule has 1 atom stereocenters. The van der Waals surface area contributed by atoms with Crippen LogP contribution < -0.4 is 9.80 Å². The number of hydrogen-bond donors (Lipinski definition) is 0. The van der Waals surface area contributed by atoms with Crippen LogP contribution in [0.4, 0.5) is 24.7 Å². The highest BCUT2D eigenvalue weighted by Crippen LogP contribution is 2.38. The van der Waals surface area contributed by atoms with E-state index in [0.717, 1.165) is 48.0 Å². The van der Waals surface area contributed by atoms with Crippen LogP contribution in [0.15, 0.2) is 91.4 Å². The topological polar surface area (TPSA) is 37.2 Å². The van der Waals surface area contributed by atoms with Gasteiger partial charge >= 0.3 is 6.18 Å². The van der Waals surface area contributed by atoms with Crippen molar-refractivity contribution in [2.45, 2.75) is 26.1 Å². The van der Waals surface area contributed by atoms with Crippen molar-refractivity contribution < 1.29 is 13.2 Å². The number of aromatic nitrogens is 3. The summed E-state index contributed by atoms with van der Waals surface area (Å²) < 4.78 is 42.4. The maximum absolute atomic E-state index is 13.5. The van der Waals surface area contributed by atoms with E-state index in [4.69, 9.17) is 4.98 Å². The van der Waals surface area contributed by atoms with Crippen LogP contribution in [-0.2, 0) is 6.18 Å². The van der Waals surface area contributed by atoms with Gasteiger partial charge in [0.25, 0.3) is 0 Å². The summed E-state index contributed by atoms with van der Waals surface area (Å²) >= 11 is 0. The van der Waals surface area contributed by atoms with Gasteiger partial charge in [-0.25, -0.2) is 9.97 Å². The number of anilines is 2. The molecular weight excluding hydrogens is 499 g/mol. The first-order valence-electron chi connectivity index (χ1n) is 13.0. The van der Waals surface area contributed by atoms with E-state index in [9.17, 15) is 13.2 Å². The second kappa shape index (κ2) is 9.76. The molecule has 0 amide bonds. The first kappa shape index (κ1) is 25.0. The van der Waals surface area contributed by atoms with E-state index in [2.05, 4.69) is 52.9 Å². The number of halogens is 3. The van der Waals surface area contributed by atoms with Gasteiger partial charge in [0.05, 0.1) is 10.9 Å². The lowest BCUT2D eigenvalue weighted by Crippen LogP contribution is -2.52. The van der Waals surface area contributed by atoms with Gasteiger partial charge < -0.3 is 14.4 Å². The third-order valence-electron chi connectivity index (χ3n) is 7.36. The number of nitrogens with zero attached hydrogens (tertiary/aromatic N) is 5. The number of benzene rings is 3. The number of aryl methyl sites for hydroxylation is 1. The molecule has 0 radical (unpaired) electrons. The monoisotopic (exact) mass is 527 g/mol. The Hall–Kier alpha value is -4.33. The highest BCUT2D eigenvalue weighted by Gasteiger charge is 2.31. The Morgan fingerprint density at radius 3 is 2.36 bits per heavy atom. The minimum atomic E-state index is -4.44. The van der Waals surface area contributed by atoms with E-state index in [1.54, 1.807) is 10.6 Å². The fourth-order valence-electron chi connectivity index (χ4n) is 5.49. The van der Waals surface area contributed by atoms with Gasteiger partial charge in [0, 0.05) is 48.8 Å². The minimum Gasteiger partial charge on any atom is -0.365 e. The zero-order valence-corrected chi connectivity index (χ0v) is 21.7. The lowest BCUT2D eigenvalue weighted by molar-refractivity contribution is -0.137. The fourth-order valence-corrected chi connectivity index (χ4v) is 5.49. The standard InChI is InChI=1S/C31H28F3N5/c1-21-8-6-12-25(16-21)38-15-14-37(18-22(38)2)29-28-27(23-9-4-3-5-10-23)19-39(30(28)36-20-35-29)26-13-7-11-24(17-26)31(32,33)34/h3-13,16-17,19-20,22H,14-15,18H2,1-2H3/t22-/m0/s1. The predicted molar refractivity (Wildman–Crippen MR) is 150 cm³/mol. The van der Waals surface area contributed by atoms with E-state index in [1.807, 2.05) is 36.5 Å². The molecule has 0 aliphatic carbocycles. The molecule has 1 fully saturated rings.